The average Bonchev–Trinajstić information content (AvgIpc) is 3.34. The second-order valence-corrected chi connectivity index (χ2v) is 5.85. The van der Waals surface area contributed by atoms with Crippen molar-refractivity contribution >= 4 is 11.8 Å². The Balaban J connectivity index is 1.94. The van der Waals surface area contributed by atoms with Gasteiger partial charge in [-0.05, 0) is 50.3 Å². The maximum absolute atomic E-state index is 12.2. The molecule has 1 heterocycles. The van der Waals surface area contributed by atoms with Crippen LogP contribution < -0.4 is 15.2 Å². The molecule has 1 amide bonds. The summed E-state index contributed by atoms with van der Waals surface area (Å²) in [5, 5.41) is 22.9. The van der Waals surface area contributed by atoms with E-state index in [0.29, 0.717) is 29.2 Å². The number of rotatable bonds is 6. The topological polar surface area (TPSA) is 104 Å². The van der Waals surface area contributed by atoms with Gasteiger partial charge in [0.25, 0.3) is 5.91 Å². The van der Waals surface area contributed by atoms with Crippen LogP contribution in [0, 0.1) is 6.92 Å². The van der Waals surface area contributed by atoms with Crippen LogP contribution in [0.5, 0.6) is 5.75 Å². The molecule has 2 aromatic rings. The number of benzene rings is 1. The third-order valence-electron chi connectivity index (χ3n) is 3.98. The molecule has 0 atom stereocenters. The molecular formula is C17H20N5O3-. The van der Waals surface area contributed by atoms with Gasteiger partial charge in [0.2, 0.25) is 0 Å². The average molecular weight is 342 g/mol. The zero-order valence-electron chi connectivity index (χ0n) is 14.4. The standard InChI is InChI=1S/C17H21N5O3/c1-4-18-16(23)11-5-8-13(14(9-11)25-3)22-10(2)15(20-21-22)17(24)19-12-6-7-12/h5,8-9,12H,4,6-7H2,1-3H3,(H,18,23)(H,19,24)/p-1. The smallest absolute Gasteiger partial charge is 0.273 e. The SMILES string of the molecule is CCN=C([O-])c1ccc(-n2nnc(C(=O)NC3CC3)c2C)c(OC)c1. The van der Waals surface area contributed by atoms with Gasteiger partial charge in [-0.3, -0.25) is 4.79 Å². The summed E-state index contributed by atoms with van der Waals surface area (Å²) in [6, 6.07) is 5.23. The highest BCUT2D eigenvalue weighted by Crippen LogP contribution is 2.26. The molecule has 8 heteroatoms. The number of carbonyl (C=O) groups excluding carboxylic acids is 1. The van der Waals surface area contributed by atoms with Crippen LogP contribution >= 0.6 is 0 Å². The normalized spacial score (nSPS) is 14.4. The summed E-state index contributed by atoms with van der Waals surface area (Å²) in [6.45, 7) is 3.99. The van der Waals surface area contributed by atoms with Gasteiger partial charge >= 0.3 is 0 Å². The fraction of sp³-hybridized carbons (Fsp3) is 0.412. The van der Waals surface area contributed by atoms with Gasteiger partial charge in [0.05, 0.1) is 12.8 Å². The molecule has 0 unspecified atom stereocenters. The first-order valence-corrected chi connectivity index (χ1v) is 8.18. The third kappa shape index (κ3) is 3.47. The minimum Gasteiger partial charge on any atom is -0.858 e. The second-order valence-electron chi connectivity index (χ2n) is 5.85. The summed E-state index contributed by atoms with van der Waals surface area (Å²) in [6.07, 6.45) is 2.01. The predicted octanol–water partition coefficient (Wildman–Crippen LogP) is 0.603. The van der Waals surface area contributed by atoms with Crippen LogP contribution in [0.25, 0.3) is 5.69 Å². The lowest BCUT2D eigenvalue weighted by atomic mass is 10.1. The molecule has 1 aliphatic carbocycles. The lowest BCUT2D eigenvalue weighted by Gasteiger charge is -2.15. The van der Waals surface area contributed by atoms with E-state index in [1.54, 1.807) is 32.0 Å². The van der Waals surface area contributed by atoms with Gasteiger partial charge in [0.15, 0.2) is 5.69 Å². The number of nitrogens with one attached hydrogen (secondary N) is 1. The summed E-state index contributed by atoms with van der Waals surface area (Å²) in [4.78, 5) is 16.1. The lowest BCUT2D eigenvalue weighted by Crippen LogP contribution is -2.26. The molecule has 3 rings (SSSR count). The van der Waals surface area contributed by atoms with Crippen molar-refractivity contribution in [3.8, 4) is 11.4 Å². The highest BCUT2D eigenvalue weighted by atomic mass is 16.5. The Morgan fingerprint density at radius 1 is 1.48 bits per heavy atom. The van der Waals surface area contributed by atoms with Gasteiger partial charge in [-0.1, -0.05) is 11.3 Å². The maximum Gasteiger partial charge on any atom is 0.273 e. The summed E-state index contributed by atoms with van der Waals surface area (Å²) < 4.78 is 6.92. The Labute approximate surface area is 145 Å². The van der Waals surface area contributed by atoms with Crippen molar-refractivity contribution in [1.82, 2.24) is 20.3 Å². The van der Waals surface area contributed by atoms with E-state index in [4.69, 9.17) is 4.74 Å². The van der Waals surface area contributed by atoms with E-state index < -0.39 is 0 Å². The highest BCUT2D eigenvalue weighted by Gasteiger charge is 2.27. The van der Waals surface area contributed by atoms with Crippen LogP contribution in [-0.2, 0) is 0 Å². The first kappa shape index (κ1) is 16.9. The van der Waals surface area contributed by atoms with Gasteiger partial charge in [-0.25, -0.2) is 4.68 Å². The Morgan fingerprint density at radius 3 is 2.88 bits per heavy atom. The molecule has 1 saturated carbocycles. The van der Waals surface area contributed by atoms with E-state index in [2.05, 4.69) is 20.6 Å². The number of hydrogen-bond donors (Lipinski definition) is 1. The largest absolute Gasteiger partial charge is 0.858 e. The Kier molecular flexibility index (Phi) is 4.69. The summed E-state index contributed by atoms with van der Waals surface area (Å²) in [5.41, 5.74) is 1.93. The molecule has 132 valence electrons. The summed E-state index contributed by atoms with van der Waals surface area (Å²) in [7, 11) is 1.51. The molecule has 0 saturated heterocycles. The monoisotopic (exact) mass is 342 g/mol. The zero-order chi connectivity index (χ0) is 18.0. The zero-order valence-corrected chi connectivity index (χ0v) is 14.4. The number of methoxy groups -OCH3 is 1. The van der Waals surface area contributed by atoms with E-state index >= 15 is 0 Å². The minimum atomic E-state index is -0.299. The highest BCUT2D eigenvalue weighted by molar-refractivity contribution is 5.94. The van der Waals surface area contributed by atoms with E-state index in [-0.39, 0.29) is 23.5 Å². The van der Waals surface area contributed by atoms with Crippen molar-refractivity contribution in [2.45, 2.75) is 32.7 Å². The van der Waals surface area contributed by atoms with Crippen LogP contribution in [0.3, 0.4) is 0 Å². The van der Waals surface area contributed by atoms with Gasteiger partial charge < -0.3 is 20.2 Å². The van der Waals surface area contributed by atoms with Crippen LogP contribution in [0.2, 0.25) is 0 Å². The first-order valence-electron chi connectivity index (χ1n) is 8.18. The summed E-state index contributed by atoms with van der Waals surface area (Å²) in [5.74, 6) is -0.0646. The number of hydrogen-bond acceptors (Lipinski definition) is 6. The molecular weight excluding hydrogens is 322 g/mol. The molecule has 1 N–H and O–H groups in total. The van der Waals surface area contributed by atoms with Crippen molar-refractivity contribution in [3.63, 3.8) is 0 Å². The molecule has 0 spiro atoms. The summed E-state index contributed by atoms with van der Waals surface area (Å²) >= 11 is 0. The molecule has 1 aliphatic rings. The molecule has 1 fully saturated rings. The van der Waals surface area contributed by atoms with Crippen molar-refractivity contribution in [1.29, 1.82) is 0 Å². The van der Waals surface area contributed by atoms with Gasteiger partial charge in [-0.15, -0.1) is 5.10 Å². The van der Waals surface area contributed by atoms with Gasteiger partial charge in [0, 0.05) is 12.6 Å². The molecule has 1 aromatic heterocycles. The van der Waals surface area contributed by atoms with E-state index in [0.717, 1.165) is 12.8 Å². The van der Waals surface area contributed by atoms with Crippen molar-refractivity contribution in [2.75, 3.05) is 13.7 Å². The van der Waals surface area contributed by atoms with Crippen LogP contribution in [0.4, 0.5) is 0 Å². The first-order chi connectivity index (χ1) is 12.0. The third-order valence-corrected chi connectivity index (χ3v) is 3.98. The van der Waals surface area contributed by atoms with Crippen molar-refractivity contribution in [2.24, 2.45) is 4.99 Å². The maximum atomic E-state index is 12.2. The van der Waals surface area contributed by atoms with Crippen LogP contribution in [0.1, 0.15) is 41.5 Å². The Hall–Kier alpha value is -2.90. The molecule has 25 heavy (non-hydrogen) atoms. The molecule has 0 bridgehead atoms. The fourth-order valence-electron chi connectivity index (χ4n) is 2.47. The quantitative estimate of drug-likeness (QED) is 0.611. The number of ether oxygens (including phenoxy) is 1. The minimum absolute atomic E-state index is 0.223. The van der Waals surface area contributed by atoms with Crippen LogP contribution in [0.15, 0.2) is 23.2 Å². The van der Waals surface area contributed by atoms with E-state index in [1.807, 2.05) is 0 Å². The van der Waals surface area contributed by atoms with Crippen LogP contribution in [-0.4, -0.2) is 46.5 Å². The fourth-order valence-corrected chi connectivity index (χ4v) is 2.47. The van der Waals surface area contributed by atoms with Crippen molar-refractivity contribution in [3.05, 3.63) is 35.2 Å². The molecule has 8 nitrogen and oxygen atoms in total. The number of carbonyl (C=O) groups is 1. The molecule has 0 radical (unpaired) electrons. The Bertz CT molecular complexity index is 824. The van der Waals surface area contributed by atoms with Crippen molar-refractivity contribution < 1.29 is 14.6 Å². The molecule has 1 aromatic carbocycles. The number of nitrogens with zero attached hydrogens (tertiary/aromatic N) is 4. The second kappa shape index (κ2) is 6.92. The number of amides is 1. The van der Waals surface area contributed by atoms with Gasteiger partial charge in [0.1, 0.15) is 11.4 Å². The number of aromatic nitrogens is 3. The van der Waals surface area contributed by atoms with Gasteiger partial charge in [-0.2, -0.15) is 0 Å². The number of aliphatic imine (C=N–C) groups is 1. The van der Waals surface area contributed by atoms with E-state index in [1.165, 1.54) is 11.8 Å². The predicted molar refractivity (Wildman–Crippen MR) is 90.2 cm³/mol. The molecule has 0 aliphatic heterocycles. The van der Waals surface area contributed by atoms with E-state index in [9.17, 15) is 9.90 Å². The Morgan fingerprint density at radius 2 is 2.24 bits per heavy atom. The lowest BCUT2D eigenvalue weighted by molar-refractivity contribution is -0.213.